The second kappa shape index (κ2) is 6.14. The number of hydrogen-bond acceptors (Lipinski definition) is 3. The Morgan fingerprint density at radius 3 is 2.94 bits per heavy atom. The number of nitrogens with one attached hydrogen (secondary N) is 1. The van der Waals surface area contributed by atoms with Crippen molar-refractivity contribution in [2.45, 2.75) is 26.4 Å². The van der Waals surface area contributed by atoms with Crippen molar-refractivity contribution in [1.29, 1.82) is 0 Å². The molecule has 86 valence electrons. The number of rotatable bonds is 5. The normalized spacial score (nSPS) is 10.2. The molecule has 0 radical (unpaired) electrons. The summed E-state index contributed by atoms with van der Waals surface area (Å²) in [4.78, 5) is 6.34. The fourth-order valence-electron chi connectivity index (χ4n) is 1.34. The highest BCUT2D eigenvalue weighted by atomic mass is 15.1. The summed E-state index contributed by atoms with van der Waals surface area (Å²) in [6.45, 7) is 5.64. The molecule has 1 N–H and O–H groups in total. The third kappa shape index (κ3) is 3.92. The molecule has 16 heavy (non-hydrogen) atoms. The lowest BCUT2D eigenvalue weighted by Gasteiger charge is -2.17. The number of anilines is 1. The summed E-state index contributed by atoms with van der Waals surface area (Å²) in [5.41, 5.74) is 2.14. The first-order chi connectivity index (χ1) is 7.63. The van der Waals surface area contributed by atoms with Crippen molar-refractivity contribution in [3.63, 3.8) is 0 Å². The van der Waals surface area contributed by atoms with Crippen LogP contribution in [0.25, 0.3) is 0 Å². The van der Waals surface area contributed by atoms with Crippen molar-refractivity contribution in [3.8, 4) is 12.3 Å². The van der Waals surface area contributed by atoms with Gasteiger partial charge >= 0.3 is 0 Å². The van der Waals surface area contributed by atoms with Crippen LogP contribution in [0.15, 0.2) is 18.3 Å². The molecule has 0 saturated carbocycles. The van der Waals surface area contributed by atoms with E-state index in [9.17, 15) is 0 Å². The molecule has 0 saturated heterocycles. The first-order valence-electron chi connectivity index (χ1n) is 5.46. The lowest BCUT2D eigenvalue weighted by atomic mass is 10.2. The van der Waals surface area contributed by atoms with E-state index in [0.29, 0.717) is 12.6 Å². The Morgan fingerprint density at radius 1 is 1.56 bits per heavy atom. The molecule has 0 aromatic carbocycles. The van der Waals surface area contributed by atoms with Crippen LogP contribution in [0.3, 0.4) is 0 Å². The van der Waals surface area contributed by atoms with E-state index in [4.69, 9.17) is 6.42 Å². The van der Waals surface area contributed by atoms with Crippen molar-refractivity contribution in [2.24, 2.45) is 0 Å². The molecule has 0 bridgehead atoms. The van der Waals surface area contributed by atoms with E-state index >= 15 is 0 Å². The third-order valence-corrected chi connectivity index (χ3v) is 2.26. The highest BCUT2D eigenvalue weighted by Gasteiger charge is 2.02. The highest BCUT2D eigenvalue weighted by molar-refractivity contribution is 5.46. The zero-order valence-corrected chi connectivity index (χ0v) is 10.2. The van der Waals surface area contributed by atoms with E-state index in [1.165, 1.54) is 0 Å². The molecular formula is C13H19N3. The van der Waals surface area contributed by atoms with Gasteiger partial charge in [0, 0.05) is 31.5 Å². The standard InChI is InChI=1S/C13H19N3/c1-5-8-16(4)13-6-7-14-12(9-13)10-15-11(2)3/h1,6-7,9,11,15H,8,10H2,2-4H3. The molecule has 0 aliphatic rings. The summed E-state index contributed by atoms with van der Waals surface area (Å²) in [5, 5.41) is 3.34. The van der Waals surface area contributed by atoms with Gasteiger partial charge in [-0.1, -0.05) is 19.8 Å². The minimum absolute atomic E-state index is 0.467. The predicted octanol–water partition coefficient (Wildman–Crippen LogP) is 1.65. The number of nitrogens with zero attached hydrogens (tertiary/aromatic N) is 2. The third-order valence-electron chi connectivity index (χ3n) is 2.26. The average molecular weight is 217 g/mol. The van der Waals surface area contributed by atoms with Gasteiger partial charge in [0.05, 0.1) is 12.2 Å². The minimum atomic E-state index is 0.467. The van der Waals surface area contributed by atoms with Gasteiger partial charge in [0.25, 0.3) is 0 Å². The molecule has 0 aliphatic heterocycles. The monoisotopic (exact) mass is 217 g/mol. The molecule has 0 atom stereocenters. The van der Waals surface area contributed by atoms with E-state index in [1.807, 2.05) is 24.2 Å². The van der Waals surface area contributed by atoms with E-state index in [1.54, 1.807) is 0 Å². The number of aromatic nitrogens is 1. The molecule has 0 aliphatic carbocycles. The van der Waals surface area contributed by atoms with Gasteiger partial charge in [0.1, 0.15) is 0 Å². The summed E-state index contributed by atoms with van der Waals surface area (Å²) >= 11 is 0. The van der Waals surface area contributed by atoms with E-state index in [-0.39, 0.29) is 0 Å². The minimum Gasteiger partial charge on any atom is -0.363 e. The van der Waals surface area contributed by atoms with Crippen LogP contribution in [-0.2, 0) is 6.54 Å². The fraction of sp³-hybridized carbons (Fsp3) is 0.462. The lowest BCUT2D eigenvalue weighted by Crippen LogP contribution is -2.23. The Morgan fingerprint density at radius 2 is 2.31 bits per heavy atom. The van der Waals surface area contributed by atoms with E-state index in [2.05, 4.69) is 36.1 Å². The van der Waals surface area contributed by atoms with E-state index < -0.39 is 0 Å². The lowest BCUT2D eigenvalue weighted by molar-refractivity contribution is 0.581. The van der Waals surface area contributed by atoms with Gasteiger partial charge in [-0.15, -0.1) is 6.42 Å². The smallest absolute Gasteiger partial charge is 0.0788 e. The molecule has 3 heteroatoms. The Labute approximate surface area is 97.9 Å². The maximum Gasteiger partial charge on any atom is 0.0788 e. The largest absolute Gasteiger partial charge is 0.363 e. The second-order valence-electron chi connectivity index (χ2n) is 4.10. The molecule has 0 spiro atoms. The summed E-state index contributed by atoms with van der Waals surface area (Å²) in [6.07, 6.45) is 7.10. The molecule has 3 nitrogen and oxygen atoms in total. The highest BCUT2D eigenvalue weighted by Crippen LogP contribution is 2.12. The Hall–Kier alpha value is -1.53. The Bertz CT molecular complexity index is 366. The van der Waals surface area contributed by atoms with Gasteiger partial charge in [0.15, 0.2) is 0 Å². The van der Waals surface area contributed by atoms with Crippen molar-refractivity contribution in [1.82, 2.24) is 10.3 Å². The first kappa shape index (κ1) is 12.5. The van der Waals surface area contributed by atoms with Crippen LogP contribution in [0.4, 0.5) is 5.69 Å². The number of hydrogen-bond donors (Lipinski definition) is 1. The van der Waals surface area contributed by atoms with Gasteiger partial charge in [-0.25, -0.2) is 0 Å². The van der Waals surface area contributed by atoms with Crippen LogP contribution in [0.5, 0.6) is 0 Å². The van der Waals surface area contributed by atoms with Gasteiger partial charge in [0.2, 0.25) is 0 Å². The molecular weight excluding hydrogens is 198 g/mol. The van der Waals surface area contributed by atoms with Crippen LogP contribution in [0.2, 0.25) is 0 Å². The quantitative estimate of drug-likeness (QED) is 0.760. The second-order valence-corrected chi connectivity index (χ2v) is 4.10. The molecule has 0 fully saturated rings. The molecule has 1 rings (SSSR count). The topological polar surface area (TPSA) is 28.2 Å². The molecule has 0 amide bonds. The SMILES string of the molecule is C#CCN(C)c1ccnc(CNC(C)C)c1. The van der Waals surface area contributed by atoms with Crippen molar-refractivity contribution in [2.75, 3.05) is 18.5 Å². The van der Waals surface area contributed by atoms with Crippen LogP contribution in [0.1, 0.15) is 19.5 Å². The molecule has 1 aromatic heterocycles. The summed E-state index contributed by atoms with van der Waals surface area (Å²) in [6, 6.07) is 4.50. The number of terminal acetylenes is 1. The van der Waals surface area contributed by atoms with Crippen LogP contribution >= 0.6 is 0 Å². The summed E-state index contributed by atoms with van der Waals surface area (Å²) < 4.78 is 0. The summed E-state index contributed by atoms with van der Waals surface area (Å²) in [7, 11) is 1.98. The van der Waals surface area contributed by atoms with Gasteiger partial charge in [-0.2, -0.15) is 0 Å². The zero-order chi connectivity index (χ0) is 12.0. The predicted molar refractivity (Wildman–Crippen MR) is 68.3 cm³/mol. The zero-order valence-electron chi connectivity index (χ0n) is 10.2. The molecule has 1 aromatic rings. The van der Waals surface area contributed by atoms with Crippen LogP contribution in [-0.4, -0.2) is 24.6 Å². The number of pyridine rings is 1. The maximum absolute atomic E-state index is 5.28. The van der Waals surface area contributed by atoms with Gasteiger partial charge in [-0.3, -0.25) is 4.98 Å². The van der Waals surface area contributed by atoms with Crippen molar-refractivity contribution in [3.05, 3.63) is 24.0 Å². The average Bonchev–Trinajstić information content (AvgIpc) is 2.27. The van der Waals surface area contributed by atoms with Crippen molar-refractivity contribution >= 4 is 5.69 Å². The van der Waals surface area contributed by atoms with E-state index in [0.717, 1.165) is 17.9 Å². The maximum atomic E-state index is 5.28. The molecule has 1 heterocycles. The van der Waals surface area contributed by atoms with Gasteiger partial charge < -0.3 is 10.2 Å². The van der Waals surface area contributed by atoms with Crippen LogP contribution < -0.4 is 10.2 Å². The van der Waals surface area contributed by atoms with Gasteiger partial charge in [-0.05, 0) is 12.1 Å². The van der Waals surface area contributed by atoms with Crippen LogP contribution in [0, 0.1) is 12.3 Å². The fourth-order valence-corrected chi connectivity index (χ4v) is 1.34. The Kier molecular flexibility index (Phi) is 4.81. The summed E-state index contributed by atoms with van der Waals surface area (Å²) in [5.74, 6) is 2.63. The molecule has 0 unspecified atom stereocenters. The Balaban J connectivity index is 2.67. The first-order valence-corrected chi connectivity index (χ1v) is 5.46. The van der Waals surface area contributed by atoms with Crippen molar-refractivity contribution < 1.29 is 0 Å².